The maximum Gasteiger partial charge on any atom is 0.416 e. The summed E-state index contributed by atoms with van der Waals surface area (Å²) in [5, 5.41) is 3.36. The van der Waals surface area contributed by atoms with E-state index in [4.69, 9.17) is 5.73 Å². The Bertz CT molecular complexity index is 811. The van der Waals surface area contributed by atoms with E-state index in [1.165, 1.54) is 12.1 Å². The minimum atomic E-state index is -4.48. The fourth-order valence-electron chi connectivity index (χ4n) is 3.68. The summed E-state index contributed by atoms with van der Waals surface area (Å²) in [5.74, 6) is -0.282. The van der Waals surface area contributed by atoms with Gasteiger partial charge in [-0.15, -0.1) is 0 Å². The topological polar surface area (TPSA) is 55.1 Å². The van der Waals surface area contributed by atoms with Crippen LogP contribution in [-0.4, -0.2) is 19.0 Å². The Kier molecular flexibility index (Phi) is 5.29. The van der Waals surface area contributed by atoms with E-state index < -0.39 is 23.1 Å². The number of hydrogen-bond donors (Lipinski definition) is 2. The molecule has 144 valence electrons. The van der Waals surface area contributed by atoms with Crippen LogP contribution in [0.15, 0.2) is 48.5 Å². The molecule has 3 N–H and O–H groups in total. The molecule has 1 aliphatic rings. The summed E-state index contributed by atoms with van der Waals surface area (Å²) in [4.78, 5) is 12.3. The molecule has 2 aromatic carbocycles. The lowest BCUT2D eigenvalue weighted by Gasteiger charge is -2.29. The van der Waals surface area contributed by atoms with E-state index in [0.29, 0.717) is 11.5 Å². The Hall–Kier alpha value is -2.34. The molecule has 0 bridgehead atoms. The molecule has 27 heavy (non-hydrogen) atoms. The van der Waals surface area contributed by atoms with Gasteiger partial charge in [0.15, 0.2) is 0 Å². The molecule has 1 saturated heterocycles. The Balaban J connectivity index is 1.98. The van der Waals surface area contributed by atoms with Crippen LogP contribution in [0, 0.1) is 0 Å². The van der Waals surface area contributed by atoms with E-state index in [1.54, 1.807) is 19.1 Å². The van der Waals surface area contributed by atoms with Crippen molar-refractivity contribution in [3.05, 3.63) is 70.8 Å². The highest BCUT2D eigenvalue weighted by Crippen LogP contribution is 2.37. The van der Waals surface area contributed by atoms with Crippen LogP contribution in [0.4, 0.5) is 13.2 Å². The number of primary amides is 1. The van der Waals surface area contributed by atoms with Gasteiger partial charge in [-0.05, 0) is 55.0 Å². The highest BCUT2D eigenvalue weighted by Gasteiger charge is 2.38. The van der Waals surface area contributed by atoms with E-state index >= 15 is 0 Å². The molecule has 0 aromatic heterocycles. The molecule has 1 aliphatic heterocycles. The Morgan fingerprint density at radius 1 is 1.07 bits per heavy atom. The van der Waals surface area contributed by atoms with Crippen molar-refractivity contribution in [3.63, 3.8) is 0 Å². The quantitative estimate of drug-likeness (QED) is 0.849. The van der Waals surface area contributed by atoms with Crippen molar-refractivity contribution >= 4 is 5.91 Å². The Morgan fingerprint density at radius 3 is 2.30 bits per heavy atom. The lowest BCUT2D eigenvalue weighted by atomic mass is 9.74. The first-order valence-corrected chi connectivity index (χ1v) is 9.01. The summed E-state index contributed by atoms with van der Waals surface area (Å²) in [7, 11) is 0. The molecule has 6 heteroatoms. The van der Waals surface area contributed by atoms with Crippen LogP contribution in [0.1, 0.15) is 47.9 Å². The first kappa shape index (κ1) is 19.4. The molecule has 2 aromatic rings. The van der Waals surface area contributed by atoms with Gasteiger partial charge in [0.05, 0.1) is 11.0 Å². The lowest BCUT2D eigenvalue weighted by molar-refractivity contribution is -0.137. The normalized spacial score (nSPS) is 20.1. The van der Waals surface area contributed by atoms with Crippen molar-refractivity contribution < 1.29 is 18.0 Å². The molecular formula is C21H23F3N2O. The van der Waals surface area contributed by atoms with Gasteiger partial charge in [0.1, 0.15) is 0 Å². The fraction of sp³-hybridized carbons (Fsp3) is 0.381. The van der Waals surface area contributed by atoms with Crippen LogP contribution in [0.5, 0.6) is 0 Å². The maximum atomic E-state index is 13.1. The minimum Gasteiger partial charge on any atom is -0.369 e. The molecule has 0 aliphatic carbocycles. The van der Waals surface area contributed by atoms with Crippen molar-refractivity contribution in [3.8, 4) is 0 Å². The number of piperidine rings is 1. The smallest absolute Gasteiger partial charge is 0.369 e. The summed E-state index contributed by atoms with van der Waals surface area (Å²) in [6.45, 7) is 3.49. The summed E-state index contributed by atoms with van der Waals surface area (Å²) in [5.41, 5.74) is 5.48. The number of nitrogens with one attached hydrogen (secondary N) is 1. The third-order valence-corrected chi connectivity index (χ3v) is 5.52. The molecule has 3 nitrogen and oxygen atoms in total. The molecule has 3 rings (SSSR count). The number of carbonyl (C=O) groups is 1. The van der Waals surface area contributed by atoms with Gasteiger partial charge in [-0.2, -0.15) is 13.2 Å². The van der Waals surface area contributed by atoms with Gasteiger partial charge in [0.25, 0.3) is 0 Å². The van der Waals surface area contributed by atoms with Crippen LogP contribution in [-0.2, 0) is 16.4 Å². The molecular weight excluding hydrogens is 353 g/mol. The van der Waals surface area contributed by atoms with Crippen LogP contribution >= 0.6 is 0 Å². The number of rotatable bonds is 4. The zero-order valence-corrected chi connectivity index (χ0v) is 15.1. The predicted molar refractivity (Wildman–Crippen MR) is 98.4 cm³/mol. The molecule has 1 heterocycles. The molecule has 0 spiro atoms. The molecule has 2 unspecified atom stereocenters. The van der Waals surface area contributed by atoms with Gasteiger partial charge < -0.3 is 11.1 Å². The van der Waals surface area contributed by atoms with Gasteiger partial charge >= 0.3 is 6.18 Å². The minimum absolute atomic E-state index is 0.233. The van der Waals surface area contributed by atoms with E-state index in [9.17, 15) is 18.0 Å². The number of alkyl halides is 3. The van der Waals surface area contributed by atoms with E-state index in [2.05, 4.69) is 5.32 Å². The van der Waals surface area contributed by atoms with Crippen LogP contribution in [0.3, 0.4) is 0 Å². The van der Waals surface area contributed by atoms with Gasteiger partial charge in [-0.3, -0.25) is 4.79 Å². The highest BCUT2D eigenvalue weighted by molar-refractivity contribution is 5.90. The predicted octanol–water partition coefficient (Wildman–Crippen LogP) is 3.96. The zero-order chi connectivity index (χ0) is 19.7. The second kappa shape index (κ2) is 7.35. The van der Waals surface area contributed by atoms with Crippen molar-refractivity contribution in [2.24, 2.45) is 5.73 Å². The van der Waals surface area contributed by atoms with Crippen molar-refractivity contribution in [1.29, 1.82) is 0 Å². The third-order valence-electron chi connectivity index (χ3n) is 5.52. The second-order valence-corrected chi connectivity index (χ2v) is 7.23. The Labute approximate surface area is 156 Å². The average Bonchev–Trinajstić information content (AvgIpc) is 2.67. The van der Waals surface area contributed by atoms with Crippen LogP contribution in [0.25, 0.3) is 0 Å². The van der Waals surface area contributed by atoms with Crippen molar-refractivity contribution in [1.82, 2.24) is 5.32 Å². The maximum absolute atomic E-state index is 13.1. The van der Waals surface area contributed by atoms with Crippen LogP contribution in [0.2, 0.25) is 0 Å². The first-order chi connectivity index (χ1) is 12.7. The van der Waals surface area contributed by atoms with Gasteiger partial charge in [-0.1, -0.05) is 42.5 Å². The zero-order valence-electron chi connectivity index (χ0n) is 15.1. The largest absolute Gasteiger partial charge is 0.416 e. The number of halogens is 3. The van der Waals surface area contributed by atoms with E-state index in [-0.39, 0.29) is 5.56 Å². The van der Waals surface area contributed by atoms with Crippen molar-refractivity contribution in [2.75, 3.05) is 13.1 Å². The highest BCUT2D eigenvalue weighted by atomic mass is 19.4. The number of amides is 1. The standard InChI is InChI=1S/C21H23F3N2O/c1-20(19(25)27,17-5-2-6-18(12-17)21(22,23)24)16-9-7-14(8-10-16)15-4-3-11-26-13-15/h2,5-10,12,15,26H,3-4,11,13H2,1H3,(H2,25,27). The van der Waals surface area contributed by atoms with Gasteiger partial charge in [0.2, 0.25) is 5.91 Å². The number of hydrogen-bond acceptors (Lipinski definition) is 2. The second-order valence-electron chi connectivity index (χ2n) is 7.23. The monoisotopic (exact) mass is 376 g/mol. The van der Waals surface area contributed by atoms with Crippen molar-refractivity contribution in [2.45, 2.75) is 37.3 Å². The van der Waals surface area contributed by atoms with Crippen LogP contribution < -0.4 is 11.1 Å². The first-order valence-electron chi connectivity index (χ1n) is 9.01. The molecule has 1 amide bonds. The van der Waals surface area contributed by atoms with E-state index in [1.807, 2.05) is 12.1 Å². The summed E-state index contributed by atoms with van der Waals surface area (Å²) >= 11 is 0. The molecule has 2 atom stereocenters. The molecule has 0 radical (unpaired) electrons. The summed E-state index contributed by atoms with van der Waals surface area (Å²) < 4.78 is 39.3. The van der Waals surface area contributed by atoms with E-state index in [0.717, 1.165) is 43.6 Å². The Morgan fingerprint density at radius 2 is 1.74 bits per heavy atom. The number of carbonyl (C=O) groups excluding carboxylic acids is 1. The lowest BCUT2D eigenvalue weighted by Crippen LogP contribution is -2.39. The SMILES string of the molecule is CC(C(N)=O)(c1ccc(C2CCCNC2)cc1)c1cccc(C(F)(F)F)c1. The summed E-state index contributed by atoms with van der Waals surface area (Å²) in [6.07, 6.45) is -2.28. The molecule has 1 fully saturated rings. The number of benzene rings is 2. The summed E-state index contributed by atoms with van der Waals surface area (Å²) in [6, 6.07) is 12.3. The van der Waals surface area contributed by atoms with Gasteiger partial charge in [-0.25, -0.2) is 0 Å². The average molecular weight is 376 g/mol. The number of nitrogens with two attached hydrogens (primary N) is 1. The fourth-order valence-corrected chi connectivity index (χ4v) is 3.68. The third kappa shape index (κ3) is 3.86. The molecule has 0 saturated carbocycles. The van der Waals surface area contributed by atoms with Gasteiger partial charge in [0, 0.05) is 6.54 Å².